The highest BCUT2D eigenvalue weighted by Crippen LogP contribution is 2.07. The molecule has 1 heterocycles. The van der Waals surface area contributed by atoms with Gasteiger partial charge in [-0.1, -0.05) is 6.92 Å². The van der Waals surface area contributed by atoms with E-state index in [2.05, 4.69) is 17.2 Å². The lowest BCUT2D eigenvalue weighted by atomic mass is 10.2. The molecule has 1 amide bonds. The Hall–Kier alpha value is -0.650. The minimum absolute atomic E-state index is 0.142. The second-order valence-electron chi connectivity index (χ2n) is 3.20. The average Bonchev–Trinajstić information content (AvgIpc) is 2.18. The predicted molar refractivity (Wildman–Crippen MR) is 48.8 cm³/mol. The smallest absolute Gasteiger partial charge is 0.248 e. The molecule has 0 spiro atoms. The number of amides is 1. The molecule has 1 atom stereocenters. The summed E-state index contributed by atoms with van der Waals surface area (Å²) in [5, 5.41) is 0. The lowest BCUT2D eigenvalue weighted by Gasteiger charge is -2.31. The summed E-state index contributed by atoms with van der Waals surface area (Å²) in [6.45, 7) is 4.79. The summed E-state index contributed by atoms with van der Waals surface area (Å²) < 4.78 is 5.47. The summed E-state index contributed by atoms with van der Waals surface area (Å²) in [5.74, 6) is 4.86. The van der Waals surface area contributed by atoms with E-state index in [9.17, 15) is 4.79 Å². The highest BCUT2D eigenvalue weighted by Gasteiger charge is 2.20. The van der Waals surface area contributed by atoms with Crippen molar-refractivity contribution in [2.75, 3.05) is 26.2 Å². The Kier molecular flexibility index (Phi) is 4.14. The van der Waals surface area contributed by atoms with Crippen molar-refractivity contribution in [2.24, 2.45) is 5.84 Å². The molecular formula is C8H17N3O2. The zero-order chi connectivity index (χ0) is 9.68. The van der Waals surface area contributed by atoms with Gasteiger partial charge in [0.25, 0.3) is 0 Å². The third-order valence-electron chi connectivity index (χ3n) is 2.21. The molecule has 0 aliphatic carbocycles. The standard InChI is InChI=1S/C8H17N3O2/c1-2-7-5-11(3-4-13-7)6-8(12)10-9/h7H,2-6,9H2,1H3,(H,10,12). The van der Waals surface area contributed by atoms with Crippen molar-refractivity contribution in [3.05, 3.63) is 0 Å². The van der Waals surface area contributed by atoms with Crippen LogP contribution >= 0.6 is 0 Å². The van der Waals surface area contributed by atoms with Gasteiger partial charge >= 0.3 is 0 Å². The first-order chi connectivity index (χ1) is 6.26. The number of hydrazine groups is 1. The largest absolute Gasteiger partial charge is 0.376 e. The summed E-state index contributed by atoms with van der Waals surface area (Å²) >= 11 is 0. The van der Waals surface area contributed by atoms with Gasteiger partial charge in [0.15, 0.2) is 0 Å². The van der Waals surface area contributed by atoms with Crippen molar-refractivity contribution < 1.29 is 9.53 Å². The highest BCUT2D eigenvalue weighted by atomic mass is 16.5. The molecule has 5 heteroatoms. The number of hydrogen-bond donors (Lipinski definition) is 2. The zero-order valence-electron chi connectivity index (χ0n) is 7.95. The second-order valence-corrected chi connectivity index (χ2v) is 3.20. The Labute approximate surface area is 78.2 Å². The molecular weight excluding hydrogens is 170 g/mol. The summed E-state index contributed by atoms with van der Waals surface area (Å²) in [6.07, 6.45) is 1.25. The van der Waals surface area contributed by atoms with Crippen molar-refractivity contribution >= 4 is 5.91 Å². The Morgan fingerprint density at radius 2 is 2.54 bits per heavy atom. The van der Waals surface area contributed by atoms with E-state index in [0.29, 0.717) is 13.2 Å². The van der Waals surface area contributed by atoms with Gasteiger partial charge in [-0.15, -0.1) is 0 Å². The predicted octanol–water partition coefficient (Wildman–Crippen LogP) is -0.913. The molecule has 0 saturated carbocycles. The Morgan fingerprint density at radius 1 is 1.77 bits per heavy atom. The molecule has 1 saturated heterocycles. The first kappa shape index (κ1) is 10.4. The fraction of sp³-hybridized carbons (Fsp3) is 0.875. The summed E-state index contributed by atoms with van der Waals surface area (Å²) in [6, 6.07) is 0. The van der Waals surface area contributed by atoms with Gasteiger partial charge in [-0.05, 0) is 6.42 Å². The molecule has 3 N–H and O–H groups in total. The topological polar surface area (TPSA) is 67.6 Å². The number of carbonyl (C=O) groups is 1. The summed E-state index contributed by atoms with van der Waals surface area (Å²) in [5.41, 5.74) is 2.12. The third-order valence-corrected chi connectivity index (χ3v) is 2.21. The molecule has 1 rings (SSSR count). The van der Waals surface area contributed by atoms with E-state index in [1.165, 1.54) is 0 Å². The number of rotatable bonds is 3. The molecule has 1 unspecified atom stereocenters. The Morgan fingerprint density at radius 3 is 3.15 bits per heavy atom. The van der Waals surface area contributed by atoms with Crippen LogP contribution in [0.1, 0.15) is 13.3 Å². The van der Waals surface area contributed by atoms with E-state index < -0.39 is 0 Å². The molecule has 13 heavy (non-hydrogen) atoms. The van der Waals surface area contributed by atoms with Crippen LogP contribution in [-0.2, 0) is 9.53 Å². The van der Waals surface area contributed by atoms with Crippen molar-refractivity contribution in [1.82, 2.24) is 10.3 Å². The van der Waals surface area contributed by atoms with Crippen LogP contribution < -0.4 is 11.3 Å². The molecule has 0 aromatic heterocycles. The van der Waals surface area contributed by atoms with Crippen LogP contribution in [0.5, 0.6) is 0 Å². The Balaban J connectivity index is 2.29. The van der Waals surface area contributed by atoms with Crippen LogP contribution in [0.15, 0.2) is 0 Å². The highest BCUT2D eigenvalue weighted by molar-refractivity contribution is 5.77. The number of carbonyl (C=O) groups excluding carboxylic acids is 1. The Bertz CT molecular complexity index is 175. The van der Waals surface area contributed by atoms with Gasteiger partial charge in [0.2, 0.25) is 5.91 Å². The molecule has 76 valence electrons. The minimum Gasteiger partial charge on any atom is -0.376 e. The van der Waals surface area contributed by atoms with Gasteiger partial charge in [-0.2, -0.15) is 0 Å². The van der Waals surface area contributed by atoms with Crippen molar-refractivity contribution in [3.8, 4) is 0 Å². The molecule has 1 aliphatic heterocycles. The molecule has 0 bridgehead atoms. The van der Waals surface area contributed by atoms with Crippen LogP contribution in [0.2, 0.25) is 0 Å². The van der Waals surface area contributed by atoms with Crippen LogP contribution in [0, 0.1) is 0 Å². The van der Waals surface area contributed by atoms with Gasteiger partial charge < -0.3 is 4.74 Å². The van der Waals surface area contributed by atoms with Gasteiger partial charge in [0.05, 0.1) is 19.3 Å². The third kappa shape index (κ3) is 3.30. The van der Waals surface area contributed by atoms with Crippen LogP contribution in [-0.4, -0.2) is 43.2 Å². The van der Waals surface area contributed by atoms with Crippen LogP contribution in [0.3, 0.4) is 0 Å². The monoisotopic (exact) mass is 187 g/mol. The fourth-order valence-corrected chi connectivity index (χ4v) is 1.42. The van der Waals surface area contributed by atoms with Crippen LogP contribution in [0.25, 0.3) is 0 Å². The molecule has 5 nitrogen and oxygen atoms in total. The number of morpholine rings is 1. The molecule has 0 aromatic carbocycles. The number of nitrogens with two attached hydrogens (primary N) is 1. The van der Waals surface area contributed by atoms with Crippen LogP contribution in [0.4, 0.5) is 0 Å². The van der Waals surface area contributed by atoms with Crippen molar-refractivity contribution in [3.63, 3.8) is 0 Å². The van der Waals surface area contributed by atoms with E-state index in [-0.39, 0.29) is 12.0 Å². The normalized spacial score (nSPS) is 24.3. The molecule has 0 radical (unpaired) electrons. The summed E-state index contributed by atoms with van der Waals surface area (Å²) in [4.78, 5) is 13.0. The van der Waals surface area contributed by atoms with E-state index in [0.717, 1.165) is 19.5 Å². The lowest BCUT2D eigenvalue weighted by molar-refractivity contribution is -0.124. The van der Waals surface area contributed by atoms with Gasteiger partial charge in [0, 0.05) is 13.1 Å². The molecule has 0 aromatic rings. The molecule has 1 fully saturated rings. The van der Waals surface area contributed by atoms with Gasteiger partial charge in [-0.25, -0.2) is 5.84 Å². The number of nitrogens with one attached hydrogen (secondary N) is 1. The average molecular weight is 187 g/mol. The SMILES string of the molecule is CCC1CN(CC(=O)NN)CCO1. The van der Waals surface area contributed by atoms with Crippen molar-refractivity contribution in [2.45, 2.75) is 19.4 Å². The number of hydrogen-bond acceptors (Lipinski definition) is 4. The van der Waals surface area contributed by atoms with E-state index in [4.69, 9.17) is 10.6 Å². The van der Waals surface area contributed by atoms with E-state index >= 15 is 0 Å². The van der Waals surface area contributed by atoms with E-state index in [1.54, 1.807) is 0 Å². The maximum absolute atomic E-state index is 11.0. The van der Waals surface area contributed by atoms with Gasteiger partial charge in [-0.3, -0.25) is 15.1 Å². The zero-order valence-corrected chi connectivity index (χ0v) is 7.95. The van der Waals surface area contributed by atoms with Crippen molar-refractivity contribution in [1.29, 1.82) is 0 Å². The maximum Gasteiger partial charge on any atom is 0.248 e. The fourth-order valence-electron chi connectivity index (χ4n) is 1.42. The van der Waals surface area contributed by atoms with E-state index in [1.807, 2.05) is 0 Å². The number of ether oxygens (including phenoxy) is 1. The second kappa shape index (κ2) is 5.16. The first-order valence-corrected chi connectivity index (χ1v) is 4.59. The molecule has 1 aliphatic rings. The summed E-state index contributed by atoms with van der Waals surface area (Å²) in [7, 11) is 0. The lowest BCUT2D eigenvalue weighted by Crippen LogP contribution is -2.47. The number of nitrogens with zero attached hydrogens (tertiary/aromatic N) is 1. The maximum atomic E-state index is 11.0. The minimum atomic E-state index is -0.142. The van der Waals surface area contributed by atoms with Gasteiger partial charge in [0.1, 0.15) is 0 Å². The first-order valence-electron chi connectivity index (χ1n) is 4.59. The quantitative estimate of drug-likeness (QED) is 0.341.